The summed E-state index contributed by atoms with van der Waals surface area (Å²) in [6.45, 7) is 2.58. The zero-order chi connectivity index (χ0) is 26.0. The number of nitrogens with one attached hydrogen (secondary N) is 1. The van der Waals surface area contributed by atoms with Gasteiger partial charge in [0.05, 0.1) is 5.56 Å². The maximum atomic E-state index is 13.0. The summed E-state index contributed by atoms with van der Waals surface area (Å²) in [5, 5.41) is 3.57. The summed E-state index contributed by atoms with van der Waals surface area (Å²) in [6.07, 6.45) is -3.12. The van der Waals surface area contributed by atoms with Crippen LogP contribution in [0.5, 0.6) is 0 Å². The first-order valence-corrected chi connectivity index (χ1v) is 12.4. The van der Waals surface area contributed by atoms with Crippen LogP contribution >= 0.6 is 0 Å². The molecule has 37 heavy (non-hydrogen) atoms. The van der Waals surface area contributed by atoms with Gasteiger partial charge in [0.1, 0.15) is 0 Å². The average molecular weight is 508 g/mol. The molecule has 2 amide bonds. The Morgan fingerprint density at radius 3 is 2.11 bits per heavy atom. The minimum absolute atomic E-state index is 0.0480. The molecule has 1 atom stereocenters. The number of alkyl halides is 3. The molecule has 0 unspecified atom stereocenters. The summed E-state index contributed by atoms with van der Waals surface area (Å²) >= 11 is 0. The average Bonchev–Trinajstić information content (AvgIpc) is 3.34. The van der Waals surface area contributed by atoms with Crippen molar-refractivity contribution in [2.45, 2.75) is 31.1 Å². The maximum Gasteiger partial charge on any atom is 0.416 e. The molecule has 192 valence electrons. The van der Waals surface area contributed by atoms with Gasteiger partial charge in [-0.15, -0.1) is 0 Å². The van der Waals surface area contributed by atoms with Gasteiger partial charge in [-0.3, -0.25) is 9.59 Å². The Hall–Kier alpha value is -3.65. The largest absolute Gasteiger partial charge is 0.416 e. The Kier molecular flexibility index (Phi) is 7.02. The highest BCUT2D eigenvalue weighted by Gasteiger charge is 2.35. The number of hydrogen-bond acceptors (Lipinski definition) is 3. The summed E-state index contributed by atoms with van der Waals surface area (Å²) in [5.74, 6) is -0.0113. The number of hydrogen-bond donors (Lipinski definition) is 1. The molecule has 3 aromatic carbocycles. The first-order valence-electron chi connectivity index (χ1n) is 12.4. The van der Waals surface area contributed by atoms with Gasteiger partial charge in [-0.1, -0.05) is 48.5 Å². The Balaban J connectivity index is 1.09. The number of carbonyl (C=O) groups is 2. The van der Waals surface area contributed by atoms with E-state index < -0.39 is 11.7 Å². The van der Waals surface area contributed by atoms with E-state index in [9.17, 15) is 22.8 Å². The number of benzene rings is 3. The highest BCUT2D eigenvalue weighted by Crippen LogP contribution is 2.30. The van der Waals surface area contributed by atoms with Gasteiger partial charge in [0, 0.05) is 49.4 Å². The van der Waals surface area contributed by atoms with Gasteiger partial charge in [0.2, 0.25) is 0 Å². The van der Waals surface area contributed by atoms with Crippen LogP contribution < -0.4 is 5.32 Å². The van der Waals surface area contributed by atoms with Gasteiger partial charge in [-0.25, -0.2) is 0 Å². The summed E-state index contributed by atoms with van der Waals surface area (Å²) in [5.41, 5.74) is 2.01. The molecule has 2 fully saturated rings. The van der Waals surface area contributed by atoms with Crippen LogP contribution in [0.4, 0.5) is 13.2 Å². The third-order valence-corrected chi connectivity index (χ3v) is 7.00. The highest BCUT2D eigenvalue weighted by molar-refractivity contribution is 5.95. The summed E-state index contributed by atoms with van der Waals surface area (Å²) < 4.78 is 38.9. The van der Waals surface area contributed by atoms with E-state index >= 15 is 0 Å². The van der Waals surface area contributed by atoms with Crippen LogP contribution in [0.15, 0.2) is 78.9 Å². The molecular weight excluding hydrogens is 479 g/mol. The first kappa shape index (κ1) is 25.0. The summed E-state index contributed by atoms with van der Waals surface area (Å²) in [7, 11) is 0. The van der Waals surface area contributed by atoms with Crippen molar-refractivity contribution in [3.63, 3.8) is 0 Å². The van der Waals surface area contributed by atoms with E-state index in [1.54, 1.807) is 35.2 Å². The SMILES string of the molecule is O=C(c1ccc(Cc2cccc(C(F)(F)F)c2)cc1)N1CC(N[C@H]2CCN(C(=O)c3ccccc3)C2)C1. The standard InChI is InChI=1S/C29H28F3N3O2/c30-29(31,32)24-8-4-5-21(16-24)15-20-9-11-23(12-10-20)28(37)35-18-26(19-35)33-25-13-14-34(17-25)27(36)22-6-2-1-3-7-22/h1-12,16,25-26,33H,13-15,17-19H2/t25-/m0/s1. The fourth-order valence-corrected chi connectivity index (χ4v) is 4.97. The summed E-state index contributed by atoms with van der Waals surface area (Å²) in [4.78, 5) is 29.1. The van der Waals surface area contributed by atoms with Crippen LogP contribution in [0, 0.1) is 0 Å². The van der Waals surface area contributed by atoms with Crippen molar-refractivity contribution in [2.75, 3.05) is 26.2 Å². The lowest BCUT2D eigenvalue weighted by molar-refractivity contribution is -0.137. The van der Waals surface area contributed by atoms with Crippen molar-refractivity contribution in [1.82, 2.24) is 15.1 Å². The van der Waals surface area contributed by atoms with Crippen LogP contribution in [0.3, 0.4) is 0 Å². The lowest BCUT2D eigenvalue weighted by atomic mass is 10.0. The highest BCUT2D eigenvalue weighted by atomic mass is 19.4. The molecule has 2 aliphatic rings. The molecule has 3 aromatic rings. The van der Waals surface area contributed by atoms with Gasteiger partial charge in [-0.2, -0.15) is 13.2 Å². The van der Waals surface area contributed by atoms with Gasteiger partial charge in [-0.05, 0) is 54.3 Å². The predicted octanol–water partition coefficient (Wildman–Crippen LogP) is 4.62. The van der Waals surface area contributed by atoms with Gasteiger partial charge >= 0.3 is 6.18 Å². The second kappa shape index (κ2) is 10.4. The number of amides is 2. The third-order valence-electron chi connectivity index (χ3n) is 7.00. The summed E-state index contributed by atoms with van der Waals surface area (Å²) in [6, 6.07) is 22.0. The van der Waals surface area contributed by atoms with Crippen molar-refractivity contribution < 1.29 is 22.8 Å². The molecule has 0 saturated carbocycles. The molecule has 5 nitrogen and oxygen atoms in total. The Bertz CT molecular complexity index is 1260. The van der Waals surface area contributed by atoms with E-state index in [0.29, 0.717) is 49.3 Å². The molecule has 0 bridgehead atoms. The maximum absolute atomic E-state index is 13.0. The molecular formula is C29H28F3N3O2. The van der Waals surface area contributed by atoms with Crippen LogP contribution in [-0.2, 0) is 12.6 Å². The molecule has 8 heteroatoms. The zero-order valence-electron chi connectivity index (χ0n) is 20.2. The molecule has 0 aliphatic carbocycles. The van der Waals surface area contributed by atoms with Crippen molar-refractivity contribution in [2.24, 2.45) is 0 Å². The molecule has 2 aliphatic heterocycles. The van der Waals surface area contributed by atoms with E-state index in [-0.39, 0.29) is 23.9 Å². The van der Waals surface area contributed by atoms with Gasteiger partial charge in [0.25, 0.3) is 11.8 Å². The van der Waals surface area contributed by atoms with Crippen molar-refractivity contribution >= 4 is 11.8 Å². The van der Waals surface area contributed by atoms with Crippen molar-refractivity contribution in [3.05, 3.63) is 107 Å². The minimum Gasteiger partial charge on any atom is -0.337 e. The number of rotatable bonds is 6. The lowest BCUT2D eigenvalue weighted by Gasteiger charge is -2.41. The molecule has 0 aromatic heterocycles. The fraction of sp³-hybridized carbons (Fsp3) is 0.310. The number of halogens is 3. The van der Waals surface area contributed by atoms with Crippen LogP contribution in [0.1, 0.15) is 43.8 Å². The molecule has 2 heterocycles. The molecule has 0 radical (unpaired) electrons. The molecule has 0 spiro atoms. The van der Waals surface area contributed by atoms with Crippen LogP contribution in [-0.4, -0.2) is 59.9 Å². The molecule has 1 N–H and O–H groups in total. The van der Waals surface area contributed by atoms with Gasteiger partial charge < -0.3 is 15.1 Å². The molecule has 2 saturated heterocycles. The van der Waals surface area contributed by atoms with E-state index in [4.69, 9.17) is 0 Å². The van der Waals surface area contributed by atoms with E-state index in [2.05, 4.69) is 5.32 Å². The normalized spacial score (nSPS) is 18.1. The monoisotopic (exact) mass is 507 g/mol. The Labute approximate surface area is 213 Å². The van der Waals surface area contributed by atoms with Gasteiger partial charge in [0.15, 0.2) is 0 Å². The quantitative estimate of drug-likeness (QED) is 0.530. The number of nitrogens with zero attached hydrogens (tertiary/aromatic N) is 2. The second-order valence-electron chi connectivity index (χ2n) is 9.75. The van der Waals surface area contributed by atoms with Crippen LogP contribution in [0.25, 0.3) is 0 Å². The minimum atomic E-state index is -4.37. The smallest absolute Gasteiger partial charge is 0.337 e. The predicted molar refractivity (Wildman–Crippen MR) is 134 cm³/mol. The van der Waals surface area contributed by atoms with E-state index in [0.717, 1.165) is 24.1 Å². The Morgan fingerprint density at radius 2 is 1.41 bits per heavy atom. The molecule has 5 rings (SSSR count). The number of likely N-dealkylation sites (tertiary alicyclic amines) is 2. The fourth-order valence-electron chi connectivity index (χ4n) is 4.97. The first-order chi connectivity index (χ1) is 17.8. The second-order valence-corrected chi connectivity index (χ2v) is 9.75. The Morgan fingerprint density at radius 1 is 0.757 bits per heavy atom. The van der Waals surface area contributed by atoms with Crippen molar-refractivity contribution in [3.8, 4) is 0 Å². The zero-order valence-corrected chi connectivity index (χ0v) is 20.2. The van der Waals surface area contributed by atoms with Crippen LogP contribution in [0.2, 0.25) is 0 Å². The topological polar surface area (TPSA) is 52.7 Å². The van der Waals surface area contributed by atoms with E-state index in [1.165, 1.54) is 6.07 Å². The lowest BCUT2D eigenvalue weighted by Crippen LogP contribution is -2.62. The third kappa shape index (κ3) is 5.85. The number of carbonyl (C=O) groups excluding carboxylic acids is 2. The van der Waals surface area contributed by atoms with Crippen molar-refractivity contribution in [1.29, 1.82) is 0 Å². The van der Waals surface area contributed by atoms with E-state index in [1.807, 2.05) is 35.2 Å².